The minimum atomic E-state index is -0.799. The molecule has 0 atom stereocenters. The number of thioether (sulfide) groups is 1. The van der Waals surface area contributed by atoms with Crippen molar-refractivity contribution < 1.29 is 33.7 Å². The van der Waals surface area contributed by atoms with Crippen LogP contribution < -0.4 is 14.8 Å². The topological polar surface area (TPSA) is 171 Å². The first-order chi connectivity index (χ1) is 18.6. The molecule has 0 bridgehead atoms. The van der Waals surface area contributed by atoms with Gasteiger partial charge in [-0.15, -0.1) is 0 Å². The molecule has 0 radical (unpaired) electrons. The molecule has 39 heavy (non-hydrogen) atoms. The fraction of sp³-hybridized carbons (Fsp3) is 0.0800. The van der Waals surface area contributed by atoms with Crippen LogP contribution in [-0.4, -0.2) is 45.5 Å². The molecule has 1 fully saturated rings. The summed E-state index contributed by atoms with van der Waals surface area (Å²) in [6, 6.07) is 15.7. The number of carbonyl (C=O) groups excluding carboxylic acids is 3. The molecule has 3 aromatic rings. The fourth-order valence-electron chi connectivity index (χ4n) is 3.45. The van der Waals surface area contributed by atoms with Gasteiger partial charge in [0.1, 0.15) is 18.0 Å². The molecule has 3 aromatic carbocycles. The van der Waals surface area contributed by atoms with Crippen LogP contribution in [0.1, 0.15) is 5.56 Å². The predicted octanol–water partition coefficient (Wildman–Crippen LogP) is 4.98. The van der Waals surface area contributed by atoms with Gasteiger partial charge in [0, 0.05) is 11.8 Å². The van der Waals surface area contributed by atoms with Gasteiger partial charge in [0.15, 0.2) is 0 Å². The molecule has 0 unspecified atom stereocenters. The van der Waals surface area contributed by atoms with E-state index in [9.17, 15) is 34.6 Å². The molecule has 14 heteroatoms. The third kappa shape index (κ3) is 6.37. The smallest absolute Gasteiger partial charge is 0.318 e. The van der Waals surface area contributed by atoms with E-state index in [1.54, 1.807) is 36.4 Å². The third-order valence-corrected chi connectivity index (χ3v) is 6.19. The van der Waals surface area contributed by atoms with Gasteiger partial charge < -0.3 is 14.8 Å². The molecule has 1 aliphatic rings. The highest BCUT2D eigenvalue weighted by Gasteiger charge is 2.36. The maximum Gasteiger partial charge on any atom is 0.318 e. The maximum atomic E-state index is 12.8. The van der Waals surface area contributed by atoms with Crippen LogP contribution in [0.4, 0.5) is 21.9 Å². The highest BCUT2D eigenvalue weighted by molar-refractivity contribution is 8.18. The van der Waals surface area contributed by atoms with Gasteiger partial charge in [-0.3, -0.25) is 39.5 Å². The molecule has 0 spiro atoms. The van der Waals surface area contributed by atoms with Crippen molar-refractivity contribution in [1.29, 1.82) is 0 Å². The molecule has 4 rings (SSSR count). The summed E-state index contributed by atoms with van der Waals surface area (Å²) in [5.74, 6) is -0.690. The molecule has 0 aromatic heterocycles. The van der Waals surface area contributed by atoms with Crippen molar-refractivity contribution in [2.24, 2.45) is 0 Å². The lowest BCUT2D eigenvalue weighted by atomic mass is 10.2. The van der Waals surface area contributed by atoms with Crippen LogP contribution in [0.5, 0.6) is 17.2 Å². The lowest BCUT2D eigenvalue weighted by molar-refractivity contribution is -0.394. The summed E-state index contributed by atoms with van der Waals surface area (Å²) in [6.45, 7) is -0.485. The lowest BCUT2D eigenvalue weighted by Gasteiger charge is -2.12. The Labute approximate surface area is 224 Å². The van der Waals surface area contributed by atoms with Gasteiger partial charge in [-0.25, -0.2) is 0 Å². The number of nitrogens with one attached hydrogen (secondary N) is 1. The summed E-state index contributed by atoms with van der Waals surface area (Å²) in [4.78, 5) is 59.3. The van der Waals surface area contributed by atoms with Crippen molar-refractivity contribution in [2.75, 3.05) is 19.0 Å². The van der Waals surface area contributed by atoms with Crippen molar-refractivity contribution in [3.05, 3.63) is 97.4 Å². The Morgan fingerprint density at radius 1 is 1.00 bits per heavy atom. The number of ether oxygens (including phenoxy) is 2. The molecule has 1 heterocycles. The number of hydrogen-bond acceptors (Lipinski definition) is 10. The first-order valence-corrected chi connectivity index (χ1v) is 11.9. The zero-order chi connectivity index (χ0) is 28.1. The van der Waals surface area contributed by atoms with E-state index in [-0.39, 0.29) is 16.4 Å². The number of methoxy groups -OCH3 is 1. The van der Waals surface area contributed by atoms with Gasteiger partial charge >= 0.3 is 5.69 Å². The van der Waals surface area contributed by atoms with Crippen molar-refractivity contribution in [3.8, 4) is 17.2 Å². The van der Waals surface area contributed by atoms with Crippen LogP contribution in [-0.2, 0) is 9.59 Å². The number of amides is 3. The second-order valence-corrected chi connectivity index (χ2v) is 8.88. The number of non-ortho nitro benzene ring substituents is 1. The number of hydrogen-bond donors (Lipinski definition) is 1. The van der Waals surface area contributed by atoms with Gasteiger partial charge in [-0.1, -0.05) is 12.1 Å². The third-order valence-electron chi connectivity index (χ3n) is 5.28. The zero-order valence-electron chi connectivity index (χ0n) is 20.1. The number of benzene rings is 3. The maximum absolute atomic E-state index is 12.8. The van der Waals surface area contributed by atoms with Crippen molar-refractivity contribution in [1.82, 2.24) is 4.90 Å². The van der Waals surface area contributed by atoms with E-state index >= 15 is 0 Å². The summed E-state index contributed by atoms with van der Waals surface area (Å²) in [5.41, 5.74) is -0.154. The van der Waals surface area contributed by atoms with E-state index < -0.39 is 44.8 Å². The van der Waals surface area contributed by atoms with Crippen molar-refractivity contribution in [2.45, 2.75) is 0 Å². The fourth-order valence-corrected chi connectivity index (χ4v) is 4.29. The van der Waals surface area contributed by atoms with E-state index in [0.717, 1.165) is 23.1 Å². The van der Waals surface area contributed by atoms with Crippen molar-refractivity contribution in [3.63, 3.8) is 0 Å². The molecule has 1 saturated heterocycles. The van der Waals surface area contributed by atoms with Crippen LogP contribution >= 0.6 is 11.8 Å². The average molecular weight is 551 g/mol. The van der Waals surface area contributed by atoms with Crippen LogP contribution in [0.25, 0.3) is 6.08 Å². The molecule has 13 nitrogen and oxygen atoms in total. The Bertz CT molecular complexity index is 1520. The molecule has 1 N–H and O–H groups in total. The van der Waals surface area contributed by atoms with E-state index in [1.807, 2.05) is 0 Å². The molecular formula is C25H18N4O9S. The normalized spacial score (nSPS) is 13.9. The predicted molar refractivity (Wildman–Crippen MR) is 141 cm³/mol. The number of nitro benzene ring substituents is 2. The summed E-state index contributed by atoms with van der Waals surface area (Å²) < 4.78 is 10.6. The second kappa shape index (κ2) is 11.4. The van der Waals surface area contributed by atoms with E-state index in [0.29, 0.717) is 28.8 Å². The summed E-state index contributed by atoms with van der Waals surface area (Å²) in [7, 11) is 1.51. The Morgan fingerprint density at radius 3 is 2.41 bits per heavy atom. The SMILES string of the molecule is COc1ccc(NC(=O)CN2C(=O)S/C(=C/c3cccc(Oc4ccc([N+](=O)[O-])cc4[N+](=O)[O-])c3)C2=O)cc1. The standard InChI is InChI=1S/C25H18N4O9S/c1-37-18-8-5-16(6-9-18)26-23(30)14-27-24(31)22(39-25(27)32)12-15-3-2-4-19(11-15)38-21-10-7-17(28(33)34)13-20(21)29(35)36/h2-13H,14H2,1H3,(H,26,30)/b22-12+. The molecule has 0 saturated carbocycles. The number of nitrogens with zero attached hydrogens (tertiary/aromatic N) is 3. The first kappa shape index (κ1) is 26.8. The van der Waals surface area contributed by atoms with Gasteiger partial charge in [-0.2, -0.15) is 0 Å². The molecule has 0 aliphatic carbocycles. The minimum absolute atomic E-state index is 0.0655. The molecule has 1 aliphatic heterocycles. The quantitative estimate of drug-likeness (QED) is 0.218. The summed E-state index contributed by atoms with van der Waals surface area (Å²) in [5, 5.41) is 24.3. The number of nitro groups is 2. The number of anilines is 1. The van der Waals surface area contributed by atoms with Gasteiger partial charge in [0.05, 0.1) is 27.9 Å². The van der Waals surface area contributed by atoms with Gasteiger partial charge in [-0.05, 0) is 65.9 Å². The lowest BCUT2D eigenvalue weighted by Crippen LogP contribution is -2.36. The summed E-state index contributed by atoms with van der Waals surface area (Å²) >= 11 is 0.658. The average Bonchev–Trinajstić information content (AvgIpc) is 3.16. The summed E-state index contributed by atoms with van der Waals surface area (Å²) in [6.07, 6.45) is 1.42. The van der Waals surface area contributed by atoms with E-state index in [4.69, 9.17) is 9.47 Å². The van der Waals surface area contributed by atoms with Gasteiger partial charge in [0.25, 0.3) is 16.8 Å². The minimum Gasteiger partial charge on any atom is -0.497 e. The van der Waals surface area contributed by atoms with Crippen LogP contribution in [0.15, 0.2) is 71.6 Å². The highest BCUT2D eigenvalue weighted by atomic mass is 32.2. The molecular weight excluding hydrogens is 532 g/mol. The number of carbonyl (C=O) groups is 3. The highest BCUT2D eigenvalue weighted by Crippen LogP contribution is 2.36. The number of imide groups is 1. The van der Waals surface area contributed by atoms with Crippen LogP contribution in [0.2, 0.25) is 0 Å². The largest absolute Gasteiger partial charge is 0.497 e. The monoisotopic (exact) mass is 550 g/mol. The molecule has 3 amide bonds. The van der Waals surface area contributed by atoms with E-state index in [1.165, 1.54) is 25.3 Å². The Hall–Kier alpha value is -5.24. The Morgan fingerprint density at radius 2 is 1.74 bits per heavy atom. The second-order valence-electron chi connectivity index (χ2n) is 7.89. The zero-order valence-corrected chi connectivity index (χ0v) is 20.9. The van der Waals surface area contributed by atoms with Gasteiger partial charge in [0.2, 0.25) is 11.7 Å². The van der Waals surface area contributed by atoms with E-state index in [2.05, 4.69) is 5.32 Å². The first-order valence-electron chi connectivity index (χ1n) is 11.0. The van der Waals surface area contributed by atoms with Crippen molar-refractivity contribution >= 4 is 52.0 Å². The Balaban J connectivity index is 1.47. The van der Waals surface area contributed by atoms with Crippen LogP contribution in [0, 0.1) is 20.2 Å². The molecule has 198 valence electrons. The van der Waals surface area contributed by atoms with Crippen LogP contribution in [0.3, 0.4) is 0 Å². The Kier molecular flexibility index (Phi) is 7.86. The number of rotatable bonds is 9.